The van der Waals surface area contributed by atoms with Crippen LogP contribution in [0.1, 0.15) is 110 Å². The fourth-order valence-corrected chi connectivity index (χ4v) is 12.7. The first kappa shape index (κ1) is 30.5. The molecule has 0 aromatic rings. The van der Waals surface area contributed by atoms with E-state index in [1.165, 1.54) is 103 Å². The molecule has 4 saturated carbocycles. The molecule has 9 aliphatic rings. The Labute approximate surface area is 271 Å². The summed E-state index contributed by atoms with van der Waals surface area (Å²) in [7, 11) is 0. The molecule has 0 aromatic heterocycles. The maximum atomic E-state index is 4.33. The van der Waals surface area contributed by atoms with E-state index in [-0.39, 0.29) is 17.1 Å². The van der Waals surface area contributed by atoms with Gasteiger partial charge in [0, 0.05) is 17.1 Å². The van der Waals surface area contributed by atoms with Gasteiger partial charge in [-0.2, -0.15) is 0 Å². The molecule has 4 aliphatic carbocycles. The maximum Gasteiger partial charge on any atom is 0.0631 e. The van der Waals surface area contributed by atoms with Crippen molar-refractivity contribution in [3.8, 4) is 0 Å². The van der Waals surface area contributed by atoms with Gasteiger partial charge in [0.25, 0.3) is 0 Å². The molecular weight excluding hydrogens is 584 g/mol. The third-order valence-corrected chi connectivity index (χ3v) is 14.6. The van der Waals surface area contributed by atoms with Crippen molar-refractivity contribution >= 4 is 0 Å². The summed E-state index contributed by atoms with van der Waals surface area (Å²) in [6, 6.07) is 0. The Morgan fingerprint density at radius 2 is 0.628 bits per heavy atom. The minimum Gasteiger partial charge on any atom is -0.286 e. The Morgan fingerprint density at radius 1 is 0.349 bits per heavy atom. The summed E-state index contributed by atoms with van der Waals surface area (Å²) >= 11 is 0. The second-order valence-electron chi connectivity index (χ2n) is 16.3. The number of hydrogen-bond acceptors (Lipinski definition) is 8. The molecule has 0 amide bonds. The van der Waals surface area contributed by atoms with E-state index in [9.17, 15) is 0 Å². The van der Waals surface area contributed by atoms with Crippen LogP contribution in [0.2, 0.25) is 0 Å². The molecule has 5 saturated heterocycles. The smallest absolute Gasteiger partial charge is 0.0631 e. The van der Waals surface area contributed by atoms with E-state index in [0.29, 0.717) is 49.3 Å². The van der Waals surface area contributed by atoms with E-state index in [2.05, 4.69) is 49.5 Å². The van der Waals surface area contributed by atoms with E-state index in [1.807, 2.05) is 0 Å². The molecule has 9 heteroatoms. The molecule has 17 unspecified atom stereocenters. The van der Waals surface area contributed by atoms with E-state index in [1.54, 1.807) is 0 Å². The summed E-state index contributed by atoms with van der Waals surface area (Å²) in [5.41, 5.74) is 0. The number of rotatable bonds is 1. The molecule has 247 valence electrons. The predicted octanol–water partition coefficient (Wildman–Crippen LogP) is 3.24. The predicted molar refractivity (Wildman–Crippen MR) is 166 cm³/mol. The molecule has 5 aliphatic heterocycles. The molecular formula is C34H60CuN8. The largest absolute Gasteiger partial charge is 0.286 e. The van der Waals surface area contributed by atoms with E-state index in [4.69, 9.17) is 0 Å². The molecule has 8 N–H and O–H groups in total. The SMILES string of the molecule is CCC1CCCC2C3NC4NC(NC5NC(NC6NC(NC(N3)C12)C1CCCCC61)C1CCCCC51)C1CCCCC41.[Cu]. The van der Waals surface area contributed by atoms with Gasteiger partial charge in [0.15, 0.2) is 0 Å². The van der Waals surface area contributed by atoms with Crippen molar-refractivity contribution in [1.82, 2.24) is 42.5 Å². The molecule has 8 nitrogen and oxygen atoms in total. The first-order valence-electron chi connectivity index (χ1n) is 18.8. The van der Waals surface area contributed by atoms with E-state index >= 15 is 0 Å². The summed E-state index contributed by atoms with van der Waals surface area (Å²) in [5, 5.41) is 34.1. The third-order valence-electron chi connectivity index (χ3n) is 14.6. The minimum absolute atomic E-state index is 0. The molecule has 1 radical (unpaired) electrons. The Balaban J connectivity index is 0.00000278. The van der Waals surface area contributed by atoms with Gasteiger partial charge in [-0.25, -0.2) is 0 Å². The Hall–Kier alpha value is 0.199. The van der Waals surface area contributed by atoms with Crippen molar-refractivity contribution in [2.24, 2.45) is 53.3 Å². The van der Waals surface area contributed by atoms with Crippen molar-refractivity contribution in [3.63, 3.8) is 0 Å². The quantitative estimate of drug-likeness (QED) is 0.207. The van der Waals surface area contributed by atoms with Crippen LogP contribution in [0.3, 0.4) is 0 Å². The first-order chi connectivity index (χ1) is 20.7. The summed E-state index contributed by atoms with van der Waals surface area (Å²) in [4.78, 5) is 0. The first-order valence-corrected chi connectivity index (χ1v) is 18.8. The summed E-state index contributed by atoms with van der Waals surface area (Å²) < 4.78 is 0. The Bertz CT molecular complexity index is 969. The van der Waals surface area contributed by atoms with Crippen LogP contribution >= 0.6 is 0 Å². The van der Waals surface area contributed by atoms with E-state index < -0.39 is 0 Å². The van der Waals surface area contributed by atoms with Gasteiger partial charge in [-0.05, 0) is 98.2 Å². The van der Waals surface area contributed by atoms with Gasteiger partial charge in [-0.15, -0.1) is 0 Å². The summed E-state index contributed by atoms with van der Waals surface area (Å²) in [6.07, 6.45) is 25.4. The van der Waals surface area contributed by atoms with Crippen molar-refractivity contribution in [2.45, 2.75) is 159 Å². The second-order valence-corrected chi connectivity index (χ2v) is 16.3. The van der Waals surface area contributed by atoms with Gasteiger partial charge in [0.05, 0.1) is 49.3 Å². The zero-order chi connectivity index (χ0) is 27.8. The average Bonchev–Trinajstić information content (AvgIpc) is 3.76. The van der Waals surface area contributed by atoms with Crippen LogP contribution in [0.4, 0.5) is 0 Å². The van der Waals surface area contributed by atoms with Crippen LogP contribution in [-0.2, 0) is 17.1 Å². The van der Waals surface area contributed by atoms with Crippen molar-refractivity contribution in [2.75, 3.05) is 0 Å². The molecule has 9 fully saturated rings. The molecule has 43 heavy (non-hydrogen) atoms. The molecule has 8 bridgehead atoms. The second kappa shape index (κ2) is 12.7. The monoisotopic (exact) mass is 643 g/mol. The zero-order valence-corrected chi connectivity index (χ0v) is 27.4. The van der Waals surface area contributed by atoms with Gasteiger partial charge in [0.1, 0.15) is 0 Å². The van der Waals surface area contributed by atoms with Crippen LogP contribution in [0, 0.1) is 53.3 Å². The summed E-state index contributed by atoms with van der Waals surface area (Å²) in [5.74, 6) is 6.72. The van der Waals surface area contributed by atoms with Gasteiger partial charge >= 0.3 is 0 Å². The number of hydrogen-bond donors (Lipinski definition) is 8. The van der Waals surface area contributed by atoms with Gasteiger partial charge < -0.3 is 0 Å². The van der Waals surface area contributed by atoms with Crippen LogP contribution in [0.25, 0.3) is 0 Å². The van der Waals surface area contributed by atoms with Crippen LogP contribution in [0.5, 0.6) is 0 Å². The van der Waals surface area contributed by atoms with E-state index in [0.717, 1.165) is 53.3 Å². The van der Waals surface area contributed by atoms with Crippen molar-refractivity contribution in [1.29, 1.82) is 0 Å². The third kappa shape index (κ3) is 5.32. The molecule has 0 aromatic carbocycles. The topological polar surface area (TPSA) is 96.2 Å². The molecule has 0 spiro atoms. The molecule has 9 rings (SSSR count). The Morgan fingerprint density at radius 3 is 0.953 bits per heavy atom. The fourth-order valence-electron chi connectivity index (χ4n) is 12.7. The van der Waals surface area contributed by atoms with Crippen LogP contribution < -0.4 is 42.5 Å². The number of nitrogens with one attached hydrogen (secondary N) is 8. The van der Waals surface area contributed by atoms with Crippen LogP contribution in [0.15, 0.2) is 0 Å². The average molecular weight is 644 g/mol. The Kier molecular flexibility index (Phi) is 8.99. The van der Waals surface area contributed by atoms with Crippen molar-refractivity contribution in [3.05, 3.63) is 0 Å². The van der Waals surface area contributed by atoms with Gasteiger partial charge in [-0.1, -0.05) is 64.7 Å². The standard InChI is InChI=1S/C34H60N8.Cu/c1-2-18-10-9-17-25-26(18)34-41-32-24-16-8-7-15-23(24)30(39-32)37-28-20-12-4-3-11-19(20)27(35-28)36-29-21-13-5-6-14-22(21)31(38-29)40-33(25)42-34;/h18-42H,2-17H2,1H3;. The summed E-state index contributed by atoms with van der Waals surface area (Å²) in [6.45, 7) is 2.45. The molecule has 17 atom stereocenters. The number of fused-ring (bicyclic) bond motifs is 20. The fraction of sp³-hybridized carbons (Fsp3) is 1.00. The minimum atomic E-state index is 0. The van der Waals surface area contributed by atoms with Gasteiger partial charge in [0.2, 0.25) is 0 Å². The van der Waals surface area contributed by atoms with Crippen molar-refractivity contribution < 1.29 is 17.1 Å². The zero-order valence-electron chi connectivity index (χ0n) is 26.4. The van der Waals surface area contributed by atoms with Gasteiger partial charge in [-0.3, -0.25) is 42.5 Å². The van der Waals surface area contributed by atoms with Crippen LogP contribution in [-0.4, -0.2) is 49.3 Å². The normalized spacial score (nSPS) is 55.9. The molecule has 5 heterocycles. The maximum absolute atomic E-state index is 4.33.